The number of aromatic nitrogens is 3. The van der Waals surface area contributed by atoms with Crippen molar-refractivity contribution in [2.45, 2.75) is 19.3 Å². The number of benzene rings is 12. The van der Waals surface area contributed by atoms with Crippen LogP contribution in [0.15, 0.2) is 285 Å². The van der Waals surface area contributed by atoms with Crippen molar-refractivity contribution in [2.24, 2.45) is 0 Å². The lowest BCUT2D eigenvalue weighted by atomic mass is 9.73. The average Bonchev–Trinajstić information content (AvgIpc) is 4.09. The molecule has 0 bridgehead atoms. The minimum absolute atomic E-state index is 0.321. The van der Waals surface area contributed by atoms with Crippen LogP contribution >= 0.6 is 11.7 Å². The van der Waals surface area contributed by atoms with Gasteiger partial charge in [-0.3, -0.25) is 0 Å². The number of nitrogens with zero attached hydrogens (tertiary/aromatic N) is 5. The number of anilines is 6. The topological polar surface area (TPSA) is 55.7 Å². The molecular formula is C75H53N5O2S. The molecule has 0 fully saturated rings. The van der Waals surface area contributed by atoms with Crippen molar-refractivity contribution in [3.63, 3.8) is 0 Å². The monoisotopic (exact) mass is 1090 g/mol. The number of hydrogen-bond donors (Lipinski definition) is 0. The number of para-hydroxylation sites is 4. The molecule has 83 heavy (non-hydrogen) atoms. The minimum atomic E-state index is -0.321. The zero-order valence-electron chi connectivity index (χ0n) is 45.6. The Kier molecular flexibility index (Phi) is 12.2. The highest BCUT2D eigenvalue weighted by Gasteiger charge is 2.37. The van der Waals surface area contributed by atoms with Gasteiger partial charge in [0.15, 0.2) is 0 Å². The summed E-state index contributed by atoms with van der Waals surface area (Å²) >= 11 is 1.23. The Morgan fingerprint density at radius 3 is 1.54 bits per heavy atom. The van der Waals surface area contributed by atoms with Gasteiger partial charge < -0.3 is 23.8 Å². The quantitative estimate of drug-likeness (QED) is 0.122. The van der Waals surface area contributed by atoms with Gasteiger partial charge in [-0.05, 0) is 185 Å². The van der Waals surface area contributed by atoms with Gasteiger partial charge in [-0.1, -0.05) is 153 Å². The molecule has 7 nitrogen and oxygen atoms in total. The zero-order chi connectivity index (χ0) is 55.4. The van der Waals surface area contributed by atoms with Crippen LogP contribution in [0.3, 0.4) is 0 Å². The second-order valence-electron chi connectivity index (χ2n) is 21.5. The average molecular weight is 1090 g/mol. The molecule has 0 amide bonds. The molecule has 1 aliphatic heterocycles. The van der Waals surface area contributed by atoms with E-state index in [0.29, 0.717) is 0 Å². The lowest BCUT2D eigenvalue weighted by Crippen LogP contribution is -2.30. The van der Waals surface area contributed by atoms with E-state index in [4.69, 9.17) is 18.2 Å². The van der Waals surface area contributed by atoms with Crippen molar-refractivity contribution in [3.8, 4) is 62.1 Å². The Labute approximate surface area is 486 Å². The van der Waals surface area contributed by atoms with Crippen LogP contribution < -0.4 is 19.3 Å². The zero-order valence-corrected chi connectivity index (χ0v) is 46.4. The van der Waals surface area contributed by atoms with Gasteiger partial charge in [-0.15, -0.1) is 0 Å². The second kappa shape index (κ2) is 20.5. The number of hydrogen-bond acceptors (Lipinski definition) is 7. The van der Waals surface area contributed by atoms with Crippen LogP contribution in [0, 0.1) is 0 Å². The summed E-state index contributed by atoms with van der Waals surface area (Å²) in [5.41, 5.74) is 20.2. The molecule has 1 aliphatic rings. The first kappa shape index (κ1) is 49.5. The summed E-state index contributed by atoms with van der Waals surface area (Å²) in [6.45, 7) is 4.74. The van der Waals surface area contributed by atoms with Gasteiger partial charge in [0, 0.05) is 44.5 Å². The van der Waals surface area contributed by atoms with E-state index >= 15 is 0 Å². The van der Waals surface area contributed by atoms with E-state index in [9.17, 15) is 0 Å². The predicted octanol–water partition coefficient (Wildman–Crippen LogP) is 21.0. The molecule has 0 N–H and O–H groups in total. The molecule has 0 saturated carbocycles. The van der Waals surface area contributed by atoms with Crippen LogP contribution in [0.25, 0.3) is 71.9 Å². The highest BCUT2D eigenvalue weighted by molar-refractivity contribution is 7.00. The molecule has 0 radical (unpaired) electrons. The Morgan fingerprint density at radius 2 is 0.904 bits per heavy atom. The first-order valence-electron chi connectivity index (χ1n) is 28.0. The summed E-state index contributed by atoms with van der Waals surface area (Å²) in [6.07, 6.45) is 0. The maximum atomic E-state index is 6.24. The van der Waals surface area contributed by atoms with Crippen molar-refractivity contribution < 1.29 is 9.47 Å². The highest BCUT2D eigenvalue weighted by atomic mass is 32.1. The molecule has 14 aromatic rings. The summed E-state index contributed by atoms with van der Waals surface area (Å²) in [4.78, 5) is 4.70. The third-order valence-corrected chi connectivity index (χ3v) is 16.7. The van der Waals surface area contributed by atoms with E-state index in [1.165, 1.54) is 56.2 Å². The molecule has 0 atom stereocenters. The molecule has 396 valence electrons. The molecule has 0 unspecified atom stereocenters. The van der Waals surface area contributed by atoms with Gasteiger partial charge in [0.25, 0.3) is 0 Å². The van der Waals surface area contributed by atoms with E-state index in [1.54, 1.807) is 0 Å². The molecule has 3 heterocycles. The summed E-state index contributed by atoms with van der Waals surface area (Å²) in [6, 6.07) is 100. The first-order chi connectivity index (χ1) is 40.9. The van der Waals surface area contributed by atoms with E-state index in [1.807, 2.05) is 84.9 Å². The standard InChI is InChI=1S/C75H53N5O2S/c1-75(2)66-28-16-18-30-70(66)80(58-46-53(50-19-7-3-8-20-50)45-54(47-58)51-21-9-4-10-22-51)71-43-36-57(49-67(71)75)79-68-29-17-15-27-64(68)65-48-52(31-42-69(65)79)63-41-44-72(74-73(63)76-83-77-74)78(55-32-37-61(38-33-55)81-59-23-11-5-12-24-59)56-34-39-62(40-35-56)82-60-25-13-6-14-26-60/h3-49H,1-2H3. The van der Waals surface area contributed by atoms with Crippen LogP contribution in [-0.4, -0.2) is 13.3 Å². The van der Waals surface area contributed by atoms with Crippen molar-refractivity contribution in [3.05, 3.63) is 296 Å². The Balaban J connectivity index is 0.827. The molecule has 0 aliphatic carbocycles. The number of fused-ring (bicyclic) bond motifs is 6. The van der Waals surface area contributed by atoms with E-state index < -0.39 is 0 Å². The minimum Gasteiger partial charge on any atom is -0.457 e. The first-order valence-corrected chi connectivity index (χ1v) is 28.7. The van der Waals surface area contributed by atoms with Crippen molar-refractivity contribution in [2.75, 3.05) is 9.80 Å². The summed E-state index contributed by atoms with van der Waals surface area (Å²) in [5.74, 6) is 3.04. The maximum absolute atomic E-state index is 6.24. The Hall–Kier alpha value is -10.5. The predicted molar refractivity (Wildman–Crippen MR) is 343 cm³/mol. The lowest BCUT2D eigenvalue weighted by molar-refractivity contribution is 0.482. The largest absolute Gasteiger partial charge is 0.457 e. The van der Waals surface area contributed by atoms with E-state index in [2.05, 4.69) is 228 Å². The maximum Gasteiger partial charge on any atom is 0.129 e. The summed E-state index contributed by atoms with van der Waals surface area (Å²) in [7, 11) is 0. The fraction of sp³-hybridized carbons (Fsp3) is 0.0400. The summed E-state index contributed by atoms with van der Waals surface area (Å²) < 4.78 is 25.0. The van der Waals surface area contributed by atoms with Gasteiger partial charge >= 0.3 is 0 Å². The highest BCUT2D eigenvalue weighted by Crippen LogP contribution is 2.54. The van der Waals surface area contributed by atoms with Crippen molar-refractivity contribution in [1.29, 1.82) is 0 Å². The summed E-state index contributed by atoms with van der Waals surface area (Å²) in [5, 5.41) is 2.33. The molecule has 8 heteroatoms. The number of ether oxygens (including phenoxy) is 2. The molecular weight excluding hydrogens is 1030 g/mol. The lowest BCUT2D eigenvalue weighted by Gasteiger charge is -2.42. The van der Waals surface area contributed by atoms with Gasteiger partial charge in [-0.2, -0.15) is 8.75 Å². The van der Waals surface area contributed by atoms with Crippen molar-refractivity contribution in [1.82, 2.24) is 13.3 Å². The van der Waals surface area contributed by atoms with Crippen LogP contribution in [0.4, 0.5) is 34.1 Å². The van der Waals surface area contributed by atoms with Gasteiger partial charge in [0.05, 0.1) is 39.8 Å². The molecule has 0 spiro atoms. The molecule has 15 rings (SSSR count). The van der Waals surface area contributed by atoms with Gasteiger partial charge in [0.1, 0.15) is 34.0 Å². The van der Waals surface area contributed by atoms with E-state index in [-0.39, 0.29) is 5.41 Å². The van der Waals surface area contributed by atoms with Crippen LogP contribution in [0.1, 0.15) is 25.0 Å². The van der Waals surface area contributed by atoms with Crippen LogP contribution in [0.2, 0.25) is 0 Å². The normalized spacial score (nSPS) is 12.5. The Bertz CT molecular complexity index is 4550. The van der Waals surface area contributed by atoms with Gasteiger partial charge in [0.2, 0.25) is 0 Å². The smallest absolute Gasteiger partial charge is 0.129 e. The fourth-order valence-corrected chi connectivity index (χ4v) is 12.7. The SMILES string of the molecule is CC1(C)c2ccccc2N(c2cc(-c3ccccc3)cc(-c3ccccc3)c2)c2ccc(-n3c4ccccc4c4cc(-c5ccc(N(c6ccc(Oc7ccccc7)cc6)c6ccc(Oc7ccccc7)cc6)c6nsnc56)ccc43)cc21. The third kappa shape index (κ3) is 8.93. The van der Waals surface area contributed by atoms with Crippen LogP contribution in [-0.2, 0) is 5.41 Å². The number of rotatable bonds is 12. The van der Waals surface area contributed by atoms with E-state index in [0.717, 1.165) is 95.7 Å². The molecule has 0 saturated heterocycles. The Morgan fingerprint density at radius 1 is 0.373 bits per heavy atom. The molecule has 2 aromatic heterocycles. The molecule has 12 aromatic carbocycles. The fourth-order valence-electron chi connectivity index (χ4n) is 12.1. The van der Waals surface area contributed by atoms with Gasteiger partial charge in [-0.25, -0.2) is 0 Å². The van der Waals surface area contributed by atoms with Crippen molar-refractivity contribution >= 4 is 78.7 Å². The third-order valence-electron chi connectivity index (χ3n) is 16.1. The second-order valence-corrected chi connectivity index (χ2v) is 22.0. The van der Waals surface area contributed by atoms with Crippen LogP contribution in [0.5, 0.6) is 23.0 Å².